The summed E-state index contributed by atoms with van der Waals surface area (Å²) < 4.78 is 0. The molecule has 3 heteroatoms. The molecule has 0 saturated heterocycles. The number of hydrogen-bond donors (Lipinski definition) is 0. The van der Waals surface area contributed by atoms with Crippen LogP contribution in [0.15, 0.2) is 302 Å². The molecular formula is C68H57CoN2-. The van der Waals surface area contributed by atoms with E-state index in [0.717, 1.165) is 67.3 Å². The zero-order valence-electron chi connectivity index (χ0n) is 40.4. The van der Waals surface area contributed by atoms with Gasteiger partial charge in [-0.05, 0) is 88.6 Å². The molecular weight excluding hydrogens is 904 g/mol. The molecule has 1 aliphatic heterocycles. The topological polar surface area (TPSA) is 26.5 Å². The first kappa shape index (κ1) is 49.3. The molecule has 0 saturated carbocycles. The van der Waals surface area contributed by atoms with E-state index in [1.807, 2.05) is 72.8 Å². The predicted octanol–water partition coefficient (Wildman–Crippen LogP) is 16.1. The summed E-state index contributed by atoms with van der Waals surface area (Å²) in [5.41, 5.74) is 15.2. The van der Waals surface area contributed by atoms with Gasteiger partial charge in [-0.3, -0.25) is 4.99 Å². The average molecular weight is 961 g/mol. The van der Waals surface area contributed by atoms with Crippen LogP contribution in [-0.4, -0.2) is 5.71 Å². The first-order valence-corrected chi connectivity index (χ1v) is 24.1. The van der Waals surface area contributed by atoms with Crippen molar-refractivity contribution in [2.75, 3.05) is 0 Å². The number of benzene rings is 9. The van der Waals surface area contributed by atoms with E-state index < -0.39 is 10.8 Å². The number of hydrogen-bond acceptors (Lipinski definition) is 1. The van der Waals surface area contributed by atoms with Crippen molar-refractivity contribution in [2.24, 2.45) is 4.99 Å². The SMILES string of the molecule is Cc1cc(C)c(/C(=C2\C=CC(C(c3ccccc3)(c3ccccc3)c3ccccc3)=N2)c2ccc(C(c3ccccc3)(c3ccccc3)c3ccccc3)[n-]2)c(C)c1.[Co].c1ccccc1.c1ccccc1. The van der Waals surface area contributed by atoms with Crippen LogP contribution in [0.25, 0.3) is 5.57 Å². The van der Waals surface area contributed by atoms with Crippen molar-refractivity contribution >= 4 is 11.3 Å². The molecule has 0 unspecified atom stereocenters. The summed E-state index contributed by atoms with van der Waals surface area (Å²) in [7, 11) is 0. The third-order valence-electron chi connectivity index (χ3n) is 13.1. The fourth-order valence-corrected chi connectivity index (χ4v) is 10.2. The number of aromatic nitrogens is 1. The van der Waals surface area contributed by atoms with Crippen LogP contribution in [0.4, 0.5) is 0 Å². The second kappa shape index (κ2) is 23.5. The first-order chi connectivity index (χ1) is 34.5. The molecule has 349 valence electrons. The van der Waals surface area contributed by atoms with Crippen LogP contribution >= 0.6 is 0 Å². The van der Waals surface area contributed by atoms with Gasteiger partial charge in [0.1, 0.15) is 0 Å². The molecule has 0 N–H and O–H groups in total. The van der Waals surface area contributed by atoms with Crippen molar-refractivity contribution in [2.45, 2.75) is 31.6 Å². The van der Waals surface area contributed by atoms with Crippen LogP contribution < -0.4 is 4.98 Å². The summed E-state index contributed by atoms with van der Waals surface area (Å²) in [6, 6.07) is 97.8. The van der Waals surface area contributed by atoms with Gasteiger partial charge in [0.05, 0.1) is 22.2 Å². The molecule has 2 heterocycles. The molecule has 9 aromatic carbocycles. The monoisotopic (exact) mass is 960 g/mol. The summed E-state index contributed by atoms with van der Waals surface area (Å²) >= 11 is 0. The number of nitrogens with zero attached hydrogens (tertiary/aromatic N) is 2. The van der Waals surface area contributed by atoms with Gasteiger partial charge in [-0.25, -0.2) is 0 Å². The number of allylic oxidation sites excluding steroid dienone is 2. The molecule has 0 aliphatic carbocycles. The van der Waals surface area contributed by atoms with E-state index in [1.54, 1.807) is 0 Å². The molecule has 10 aromatic rings. The van der Waals surface area contributed by atoms with Crippen LogP contribution in [0.1, 0.15) is 67.0 Å². The van der Waals surface area contributed by atoms with Crippen molar-refractivity contribution in [1.29, 1.82) is 0 Å². The predicted molar refractivity (Wildman–Crippen MR) is 293 cm³/mol. The zero-order chi connectivity index (χ0) is 48.0. The van der Waals surface area contributed by atoms with Gasteiger partial charge in [0, 0.05) is 16.8 Å². The molecule has 0 bridgehead atoms. The molecule has 1 aromatic heterocycles. The summed E-state index contributed by atoms with van der Waals surface area (Å²) in [6.45, 7) is 6.60. The minimum atomic E-state index is -0.668. The molecule has 0 atom stereocenters. The Hall–Kier alpha value is -8.08. The van der Waals surface area contributed by atoms with Crippen molar-refractivity contribution in [3.63, 3.8) is 0 Å². The Kier molecular flexibility index (Phi) is 16.3. The Morgan fingerprint density at radius 1 is 0.352 bits per heavy atom. The number of aliphatic imine (C=N–C) groups is 1. The maximum Gasteiger partial charge on any atom is 0.0874 e. The summed E-state index contributed by atoms with van der Waals surface area (Å²) in [5.74, 6) is 0. The van der Waals surface area contributed by atoms with Gasteiger partial charge in [-0.2, -0.15) is 0 Å². The second-order valence-electron chi connectivity index (χ2n) is 17.6. The summed E-state index contributed by atoms with van der Waals surface area (Å²) in [6.07, 6.45) is 4.44. The number of rotatable bonds is 10. The summed E-state index contributed by atoms with van der Waals surface area (Å²) in [5, 5.41) is 0. The fourth-order valence-electron chi connectivity index (χ4n) is 10.2. The molecule has 2 nitrogen and oxygen atoms in total. The molecule has 1 radical (unpaired) electrons. The molecule has 71 heavy (non-hydrogen) atoms. The van der Waals surface area contributed by atoms with Gasteiger partial charge in [-0.15, -0.1) is 11.4 Å². The third kappa shape index (κ3) is 10.4. The Balaban J connectivity index is 0.000000456. The Morgan fingerprint density at radius 2 is 0.648 bits per heavy atom. The molecule has 0 fully saturated rings. The van der Waals surface area contributed by atoms with E-state index in [0.29, 0.717) is 0 Å². The minimum absolute atomic E-state index is 0. The first-order valence-electron chi connectivity index (χ1n) is 24.1. The second-order valence-corrected chi connectivity index (χ2v) is 17.6. The zero-order valence-corrected chi connectivity index (χ0v) is 41.5. The maximum absolute atomic E-state index is 5.74. The Morgan fingerprint density at radius 3 is 0.972 bits per heavy atom. The van der Waals surface area contributed by atoms with Crippen LogP contribution in [0.2, 0.25) is 0 Å². The van der Waals surface area contributed by atoms with E-state index in [-0.39, 0.29) is 16.8 Å². The van der Waals surface area contributed by atoms with Gasteiger partial charge in [-0.1, -0.05) is 285 Å². The molecule has 0 spiro atoms. The van der Waals surface area contributed by atoms with Crippen LogP contribution in [0.5, 0.6) is 0 Å². The fraction of sp³-hybridized carbons (Fsp3) is 0.0735. The van der Waals surface area contributed by atoms with E-state index >= 15 is 0 Å². The largest absolute Gasteiger partial charge is 0.659 e. The average Bonchev–Trinajstić information content (AvgIpc) is 4.13. The van der Waals surface area contributed by atoms with Gasteiger partial charge in [0.2, 0.25) is 0 Å². The Labute approximate surface area is 431 Å². The van der Waals surface area contributed by atoms with E-state index in [1.165, 1.54) is 16.7 Å². The van der Waals surface area contributed by atoms with Crippen molar-refractivity contribution in [3.05, 3.63) is 364 Å². The third-order valence-corrected chi connectivity index (χ3v) is 13.1. The van der Waals surface area contributed by atoms with Crippen molar-refractivity contribution < 1.29 is 16.8 Å². The smallest absolute Gasteiger partial charge is 0.0874 e. The minimum Gasteiger partial charge on any atom is -0.659 e. The van der Waals surface area contributed by atoms with Crippen LogP contribution in [-0.2, 0) is 27.6 Å². The normalized spacial score (nSPS) is 12.5. The number of aryl methyl sites for hydroxylation is 3. The van der Waals surface area contributed by atoms with Crippen LogP contribution in [0.3, 0.4) is 0 Å². The van der Waals surface area contributed by atoms with Crippen molar-refractivity contribution in [3.8, 4) is 0 Å². The molecule has 11 rings (SSSR count). The van der Waals surface area contributed by atoms with Gasteiger partial charge >= 0.3 is 0 Å². The van der Waals surface area contributed by atoms with Gasteiger partial charge in [0.15, 0.2) is 0 Å². The van der Waals surface area contributed by atoms with Crippen LogP contribution in [0, 0.1) is 20.8 Å². The standard InChI is InChI=1S/C56H45N2.2C6H6.Co/c1-40-38-41(2)53(42(3)39-40)54(49-34-36-51(57-49)55(43-22-10-4-11-23-43,44-24-12-5-13-25-44)45-26-14-6-15-27-45)50-35-37-52(58-50)56(46-28-16-7-17-29-46,47-30-18-8-19-31-47)48-32-20-9-21-33-48;2*1-2-4-6-5-3-1;/h4-39H,1-3H3;2*1-6H;/q-1;;;/b54-49+;;;. The Bertz CT molecular complexity index is 2990. The molecule has 0 amide bonds. The van der Waals surface area contributed by atoms with E-state index in [4.69, 9.17) is 9.98 Å². The maximum atomic E-state index is 5.74. The quantitative estimate of drug-likeness (QED) is 0.125. The van der Waals surface area contributed by atoms with Crippen molar-refractivity contribution in [1.82, 2.24) is 4.98 Å². The van der Waals surface area contributed by atoms with Gasteiger partial charge in [0.25, 0.3) is 0 Å². The van der Waals surface area contributed by atoms with Gasteiger partial charge < -0.3 is 4.98 Å². The summed E-state index contributed by atoms with van der Waals surface area (Å²) in [4.78, 5) is 11.5. The van der Waals surface area contributed by atoms with E-state index in [9.17, 15) is 0 Å². The van der Waals surface area contributed by atoms with E-state index in [2.05, 4.69) is 239 Å². The molecule has 1 aliphatic rings.